The number of nitrogens with one attached hydrogen (secondary N) is 2. The van der Waals surface area contributed by atoms with Crippen LogP contribution in [-0.4, -0.2) is 52.2 Å². The van der Waals surface area contributed by atoms with E-state index in [0.29, 0.717) is 32.8 Å². The van der Waals surface area contributed by atoms with E-state index in [4.69, 9.17) is 4.74 Å². The van der Waals surface area contributed by atoms with Crippen molar-refractivity contribution in [1.82, 2.24) is 25.3 Å². The van der Waals surface area contributed by atoms with Gasteiger partial charge in [-0.1, -0.05) is 12.1 Å². The number of hydrogen-bond acceptors (Lipinski definition) is 5. The second-order valence-electron chi connectivity index (χ2n) is 6.86. The van der Waals surface area contributed by atoms with Gasteiger partial charge in [0.05, 0.1) is 25.3 Å². The summed E-state index contributed by atoms with van der Waals surface area (Å²) in [6.45, 7) is 4.88. The molecule has 0 spiro atoms. The van der Waals surface area contributed by atoms with E-state index in [1.807, 2.05) is 44.4 Å². The van der Waals surface area contributed by atoms with E-state index < -0.39 is 6.04 Å². The molecule has 2 amide bonds. The molecule has 3 rings (SSSR count). The summed E-state index contributed by atoms with van der Waals surface area (Å²) in [5, 5.41) is 9.82. The Morgan fingerprint density at radius 3 is 2.79 bits per heavy atom. The number of aryl methyl sites for hydroxylation is 1. The van der Waals surface area contributed by atoms with E-state index in [-0.39, 0.29) is 18.2 Å². The molecule has 0 bridgehead atoms. The van der Waals surface area contributed by atoms with Crippen LogP contribution in [0.2, 0.25) is 0 Å². The third-order valence-electron chi connectivity index (χ3n) is 4.69. The first-order valence-electron chi connectivity index (χ1n) is 9.53. The normalized spacial score (nSPS) is 17.2. The van der Waals surface area contributed by atoms with Crippen molar-refractivity contribution in [2.24, 2.45) is 7.05 Å². The van der Waals surface area contributed by atoms with E-state index in [1.165, 1.54) is 0 Å². The van der Waals surface area contributed by atoms with Crippen molar-refractivity contribution in [3.8, 4) is 5.75 Å². The third kappa shape index (κ3) is 5.32. The van der Waals surface area contributed by atoms with E-state index in [9.17, 15) is 9.59 Å². The number of rotatable bonds is 8. The SMILES string of the molecule is CCOc1ccc(CN2CCNC(=O)C2CC(=O)NCc2cnn(C)c2)cc1. The van der Waals surface area contributed by atoms with Gasteiger partial charge in [-0.05, 0) is 24.6 Å². The average molecular weight is 385 g/mol. The standard InChI is InChI=1S/C20H27N5O3/c1-3-28-17-6-4-15(5-7-17)14-25-9-8-21-20(27)18(25)10-19(26)22-11-16-12-23-24(2)13-16/h4-7,12-13,18H,3,8-11,14H2,1-2H3,(H,21,27)(H,22,26). The lowest BCUT2D eigenvalue weighted by atomic mass is 10.1. The van der Waals surface area contributed by atoms with Crippen LogP contribution in [0, 0.1) is 0 Å². The van der Waals surface area contributed by atoms with Gasteiger partial charge in [-0.15, -0.1) is 0 Å². The lowest BCUT2D eigenvalue weighted by molar-refractivity contribution is -0.134. The third-order valence-corrected chi connectivity index (χ3v) is 4.69. The van der Waals surface area contributed by atoms with Gasteiger partial charge in [-0.25, -0.2) is 0 Å². The molecule has 1 atom stereocenters. The van der Waals surface area contributed by atoms with Crippen molar-refractivity contribution >= 4 is 11.8 Å². The quantitative estimate of drug-likeness (QED) is 0.703. The summed E-state index contributed by atoms with van der Waals surface area (Å²) in [5.41, 5.74) is 2.01. The Morgan fingerprint density at radius 2 is 2.11 bits per heavy atom. The molecule has 1 aliphatic rings. The van der Waals surface area contributed by atoms with Crippen molar-refractivity contribution in [2.45, 2.75) is 32.5 Å². The molecule has 1 unspecified atom stereocenters. The van der Waals surface area contributed by atoms with Gasteiger partial charge in [-0.2, -0.15) is 5.10 Å². The highest BCUT2D eigenvalue weighted by Crippen LogP contribution is 2.17. The van der Waals surface area contributed by atoms with Crippen LogP contribution in [0.4, 0.5) is 0 Å². The Balaban J connectivity index is 1.58. The molecule has 1 aromatic carbocycles. The van der Waals surface area contributed by atoms with Crippen LogP contribution in [0.5, 0.6) is 5.75 Å². The number of ether oxygens (including phenoxy) is 1. The molecular formula is C20H27N5O3. The maximum absolute atomic E-state index is 12.4. The monoisotopic (exact) mass is 385 g/mol. The average Bonchev–Trinajstić information content (AvgIpc) is 3.10. The molecule has 0 saturated carbocycles. The summed E-state index contributed by atoms with van der Waals surface area (Å²) in [6.07, 6.45) is 3.70. The Kier molecular flexibility index (Phi) is 6.65. The fourth-order valence-corrected chi connectivity index (χ4v) is 3.28. The van der Waals surface area contributed by atoms with Gasteiger partial charge >= 0.3 is 0 Å². The Bertz CT molecular complexity index is 802. The summed E-state index contributed by atoms with van der Waals surface area (Å²) in [5.74, 6) is 0.574. The minimum Gasteiger partial charge on any atom is -0.494 e. The predicted molar refractivity (Wildman–Crippen MR) is 104 cm³/mol. The van der Waals surface area contributed by atoms with Gasteiger partial charge < -0.3 is 15.4 Å². The molecule has 1 saturated heterocycles. The molecule has 2 aromatic rings. The summed E-state index contributed by atoms with van der Waals surface area (Å²) in [6, 6.07) is 7.37. The molecule has 0 radical (unpaired) electrons. The minimum absolute atomic E-state index is 0.103. The fraction of sp³-hybridized carbons (Fsp3) is 0.450. The van der Waals surface area contributed by atoms with Crippen LogP contribution >= 0.6 is 0 Å². The molecule has 1 fully saturated rings. The van der Waals surface area contributed by atoms with Crippen molar-refractivity contribution in [3.05, 3.63) is 47.8 Å². The van der Waals surface area contributed by atoms with Crippen LogP contribution in [-0.2, 0) is 29.7 Å². The Hall–Kier alpha value is -2.87. The summed E-state index contributed by atoms with van der Waals surface area (Å²) < 4.78 is 7.16. The maximum atomic E-state index is 12.4. The molecule has 1 aromatic heterocycles. The lowest BCUT2D eigenvalue weighted by Gasteiger charge is -2.34. The highest BCUT2D eigenvalue weighted by Gasteiger charge is 2.31. The van der Waals surface area contributed by atoms with Crippen molar-refractivity contribution in [1.29, 1.82) is 0 Å². The number of benzene rings is 1. The Morgan fingerprint density at radius 1 is 1.32 bits per heavy atom. The lowest BCUT2D eigenvalue weighted by Crippen LogP contribution is -2.56. The second-order valence-corrected chi connectivity index (χ2v) is 6.86. The van der Waals surface area contributed by atoms with Gasteiger partial charge in [0.1, 0.15) is 5.75 Å². The van der Waals surface area contributed by atoms with Crippen LogP contribution in [0.3, 0.4) is 0 Å². The van der Waals surface area contributed by atoms with Crippen LogP contribution < -0.4 is 15.4 Å². The van der Waals surface area contributed by atoms with Crippen LogP contribution in [0.15, 0.2) is 36.7 Å². The van der Waals surface area contributed by atoms with Crippen molar-refractivity contribution in [2.75, 3.05) is 19.7 Å². The largest absolute Gasteiger partial charge is 0.494 e. The smallest absolute Gasteiger partial charge is 0.237 e. The molecule has 1 aliphatic heterocycles. The van der Waals surface area contributed by atoms with Crippen molar-refractivity contribution in [3.63, 3.8) is 0 Å². The minimum atomic E-state index is -0.478. The van der Waals surface area contributed by atoms with E-state index in [1.54, 1.807) is 10.9 Å². The summed E-state index contributed by atoms with van der Waals surface area (Å²) in [7, 11) is 1.83. The topological polar surface area (TPSA) is 88.5 Å². The molecule has 150 valence electrons. The number of carbonyl (C=O) groups is 2. The number of nitrogens with zero attached hydrogens (tertiary/aromatic N) is 3. The zero-order chi connectivity index (χ0) is 19.9. The first-order valence-corrected chi connectivity index (χ1v) is 9.53. The van der Waals surface area contributed by atoms with E-state index >= 15 is 0 Å². The summed E-state index contributed by atoms with van der Waals surface area (Å²) in [4.78, 5) is 26.8. The highest BCUT2D eigenvalue weighted by molar-refractivity contribution is 5.88. The van der Waals surface area contributed by atoms with Crippen LogP contribution in [0.1, 0.15) is 24.5 Å². The number of aromatic nitrogens is 2. The number of carbonyl (C=O) groups excluding carboxylic acids is 2. The number of hydrogen-bond donors (Lipinski definition) is 2. The first kappa shape index (κ1) is 19.9. The molecule has 0 aliphatic carbocycles. The fourth-order valence-electron chi connectivity index (χ4n) is 3.28. The second kappa shape index (κ2) is 9.36. The number of piperazine rings is 1. The van der Waals surface area contributed by atoms with Gasteiger partial charge in [0.2, 0.25) is 11.8 Å². The van der Waals surface area contributed by atoms with Crippen molar-refractivity contribution < 1.29 is 14.3 Å². The maximum Gasteiger partial charge on any atom is 0.237 e. The molecule has 8 heteroatoms. The Labute approximate surface area is 164 Å². The van der Waals surface area contributed by atoms with Gasteiger partial charge in [-0.3, -0.25) is 19.2 Å². The molecule has 2 heterocycles. The zero-order valence-corrected chi connectivity index (χ0v) is 16.4. The highest BCUT2D eigenvalue weighted by atomic mass is 16.5. The molecule has 8 nitrogen and oxygen atoms in total. The van der Waals surface area contributed by atoms with Gasteiger partial charge in [0, 0.05) is 45.0 Å². The van der Waals surface area contributed by atoms with Crippen LogP contribution in [0.25, 0.3) is 0 Å². The zero-order valence-electron chi connectivity index (χ0n) is 16.4. The molecule has 2 N–H and O–H groups in total. The number of amides is 2. The van der Waals surface area contributed by atoms with E-state index in [0.717, 1.165) is 16.9 Å². The predicted octanol–water partition coefficient (Wildman–Crippen LogP) is 0.826. The molecular weight excluding hydrogens is 358 g/mol. The molecule has 28 heavy (non-hydrogen) atoms. The van der Waals surface area contributed by atoms with Gasteiger partial charge in [0.15, 0.2) is 0 Å². The summed E-state index contributed by atoms with van der Waals surface area (Å²) >= 11 is 0. The first-order chi connectivity index (χ1) is 13.5. The van der Waals surface area contributed by atoms with E-state index in [2.05, 4.69) is 20.6 Å². The van der Waals surface area contributed by atoms with Gasteiger partial charge in [0.25, 0.3) is 0 Å².